The SMILES string of the molecule is C[C@@H](NC(=O)C1CCN(C(=O)OCC(F)(F)F)CC1)C12CC3CC(CC(C3)C1)C2. The van der Waals surface area contributed by atoms with Crippen LogP contribution in [0.4, 0.5) is 18.0 Å². The van der Waals surface area contributed by atoms with Crippen molar-refractivity contribution in [2.45, 2.75) is 70.5 Å². The minimum atomic E-state index is -4.53. The lowest BCUT2D eigenvalue weighted by Gasteiger charge is -2.59. The highest BCUT2D eigenvalue weighted by atomic mass is 19.4. The summed E-state index contributed by atoms with van der Waals surface area (Å²) in [6, 6.07) is 0.151. The van der Waals surface area contributed by atoms with E-state index in [9.17, 15) is 22.8 Å². The average Bonchev–Trinajstić information content (AvgIpc) is 2.64. The molecule has 1 N–H and O–H groups in total. The van der Waals surface area contributed by atoms with Gasteiger partial charge < -0.3 is 15.0 Å². The number of carbonyl (C=O) groups is 2. The first-order chi connectivity index (χ1) is 13.6. The van der Waals surface area contributed by atoms with E-state index in [4.69, 9.17) is 0 Å². The van der Waals surface area contributed by atoms with Crippen molar-refractivity contribution in [3.8, 4) is 0 Å². The molecule has 0 radical (unpaired) electrons. The zero-order valence-electron chi connectivity index (χ0n) is 17.0. The fourth-order valence-electron chi connectivity index (χ4n) is 6.75. The van der Waals surface area contributed by atoms with Crippen LogP contribution in [0.3, 0.4) is 0 Å². The highest BCUT2D eigenvalue weighted by Crippen LogP contribution is 2.61. The van der Waals surface area contributed by atoms with E-state index in [1.54, 1.807) is 0 Å². The monoisotopic (exact) mass is 416 g/mol. The molecule has 1 aliphatic heterocycles. The number of halogens is 3. The second-order valence-electron chi connectivity index (χ2n) is 9.94. The van der Waals surface area contributed by atoms with Gasteiger partial charge in [0.15, 0.2) is 6.61 Å². The lowest BCUT2D eigenvalue weighted by molar-refractivity contribution is -0.162. The van der Waals surface area contributed by atoms with Gasteiger partial charge in [-0.2, -0.15) is 13.2 Å². The number of hydrogen-bond donors (Lipinski definition) is 1. The van der Waals surface area contributed by atoms with Crippen LogP contribution in [0.25, 0.3) is 0 Å². The van der Waals surface area contributed by atoms with Crippen LogP contribution < -0.4 is 5.32 Å². The second kappa shape index (κ2) is 7.65. The molecule has 4 bridgehead atoms. The van der Waals surface area contributed by atoms with Crippen LogP contribution in [0.15, 0.2) is 0 Å². The molecule has 5 fully saturated rings. The molecular formula is C21H31F3N2O3. The Hall–Kier alpha value is -1.47. The van der Waals surface area contributed by atoms with E-state index in [2.05, 4.69) is 17.0 Å². The topological polar surface area (TPSA) is 58.6 Å². The molecule has 1 saturated heterocycles. The van der Waals surface area contributed by atoms with Gasteiger partial charge in [-0.3, -0.25) is 4.79 Å². The van der Waals surface area contributed by atoms with Crippen molar-refractivity contribution in [3.63, 3.8) is 0 Å². The van der Waals surface area contributed by atoms with Crippen LogP contribution >= 0.6 is 0 Å². The number of amides is 2. The summed E-state index contributed by atoms with van der Waals surface area (Å²) in [4.78, 5) is 25.9. The number of ether oxygens (including phenoxy) is 1. The van der Waals surface area contributed by atoms with Crippen LogP contribution in [0, 0.1) is 29.1 Å². The summed E-state index contributed by atoms with van der Waals surface area (Å²) < 4.78 is 40.9. The lowest BCUT2D eigenvalue weighted by atomic mass is 9.48. The molecule has 8 heteroatoms. The van der Waals surface area contributed by atoms with Crippen molar-refractivity contribution in [1.82, 2.24) is 10.2 Å². The van der Waals surface area contributed by atoms with Gasteiger partial charge in [-0.15, -0.1) is 0 Å². The van der Waals surface area contributed by atoms with Gasteiger partial charge in [0.25, 0.3) is 0 Å². The zero-order valence-corrected chi connectivity index (χ0v) is 17.0. The summed E-state index contributed by atoms with van der Waals surface area (Å²) in [6.45, 7) is 1.07. The minimum absolute atomic E-state index is 0.0246. The van der Waals surface area contributed by atoms with Gasteiger partial charge >= 0.3 is 12.3 Å². The molecule has 164 valence electrons. The lowest BCUT2D eigenvalue weighted by Crippen LogP contribution is -2.57. The molecule has 1 atom stereocenters. The summed E-state index contributed by atoms with van der Waals surface area (Å²) in [5.41, 5.74) is 0.243. The van der Waals surface area contributed by atoms with Gasteiger partial charge in [-0.25, -0.2) is 4.79 Å². The third kappa shape index (κ3) is 4.50. The number of rotatable bonds is 4. The summed E-state index contributed by atoms with van der Waals surface area (Å²) >= 11 is 0. The number of nitrogens with zero attached hydrogens (tertiary/aromatic N) is 1. The molecule has 0 aromatic rings. The molecule has 0 spiro atoms. The van der Waals surface area contributed by atoms with Crippen molar-refractivity contribution < 1.29 is 27.5 Å². The first-order valence-electron chi connectivity index (χ1n) is 10.9. The standard InChI is InChI=1S/C21H31F3N2O3/c1-13(20-9-14-6-15(10-20)8-16(7-14)11-20)25-18(27)17-2-4-26(5-3-17)19(28)29-12-21(22,23)24/h13-17H,2-12H2,1H3,(H,25,27)/t13-,14?,15?,16?,20?/m1/s1. The Kier molecular flexibility index (Phi) is 5.49. The van der Waals surface area contributed by atoms with Crippen molar-refractivity contribution in [2.75, 3.05) is 19.7 Å². The van der Waals surface area contributed by atoms with E-state index < -0.39 is 18.9 Å². The number of nitrogens with one attached hydrogen (secondary N) is 1. The Labute approximate surface area is 169 Å². The number of likely N-dealkylation sites (tertiary alicyclic amines) is 1. The van der Waals surface area contributed by atoms with Gasteiger partial charge in [0, 0.05) is 25.0 Å². The third-order valence-corrected chi connectivity index (χ3v) is 7.85. The van der Waals surface area contributed by atoms with E-state index in [-0.39, 0.29) is 36.4 Å². The summed E-state index contributed by atoms with van der Waals surface area (Å²) in [5.74, 6) is 2.30. The van der Waals surface area contributed by atoms with Crippen LogP contribution in [0.5, 0.6) is 0 Å². The first-order valence-corrected chi connectivity index (χ1v) is 10.9. The van der Waals surface area contributed by atoms with Crippen LogP contribution in [-0.2, 0) is 9.53 Å². The molecule has 4 aliphatic carbocycles. The Morgan fingerprint density at radius 1 is 1.07 bits per heavy atom. The normalized spacial score (nSPS) is 35.4. The van der Waals surface area contributed by atoms with Crippen molar-refractivity contribution in [2.24, 2.45) is 29.1 Å². The molecule has 29 heavy (non-hydrogen) atoms. The Balaban J connectivity index is 1.25. The fraction of sp³-hybridized carbons (Fsp3) is 0.905. The largest absolute Gasteiger partial charge is 0.440 e. The summed E-state index contributed by atoms with van der Waals surface area (Å²) in [5, 5.41) is 3.27. The number of piperidine rings is 1. The maximum absolute atomic E-state index is 12.8. The van der Waals surface area contributed by atoms with Crippen LogP contribution in [0.2, 0.25) is 0 Å². The molecular weight excluding hydrogens is 385 g/mol. The molecule has 4 saturated carbocycles. The van der Waals surface area contributed by atoms with Crippen LogP contribution in [-0.4, -0.2) is 48.8 Å². The van der Waals surface area contributed by atoms with E-state index in [1.807, 2.05) is 0 Å². The summed E-state index contributed by atoms with van der Waals surface area (Å²) in [7, 11) is 0. The predicted octanol–water partition coefficient (Wildman–Crippen LogP) is 4.12. The van der Waals surface area contributed by atoms with Gasteiger partial charge in [0.05, 0.1) is 0 Å². The smallest absolute Gasteiger partial charge is 0.422 e. The molecule has 2 amide bonds. The maximum atomic E-state index is 12.8. The first kappa shape index (κ1) is 20.8. The van der Waals surface area contributed by atoms with Crippen molar-refractivity contribution in [1.29, 1.82) is 0 Å². The minimum Gasteiger partial charge on any atom is -0.440 e. The average molecular weight is 416 g/mol. The number of hydrogen-bond acceptors (Lipinski definition) is 3. The maximum Gasteiger partial charge on any atom is 0.422 e. The molecule has 0 unspecified atom stereocenters. The molecule has 5 nitrogen and oxygen atoms in total. The Bertz CT molecular complexity index is 608. The van der Waals surface area contributed by atoms with E-state index >= 15 is 0 Å². The molecule has 5 rings (SSSR count). The molecule has 0 aromatic carbocycles. The van der Waals surface area contributed by atoms with Gasteiger partial charge in [0.1, 0.15) is 0 Å². The molecule has 5 aliphatic rings. The molecule has 0 aromatic heterocycles. The van der Waals surface area contributed by atoms with E-state index in [0.717, 1.165) is 17.8 Å². The predicted molar refractivity (Wildman–Crippen MR) is 99.9 cm³/mol. The van der Waals surface area contributed by atoms with Crippen molar-refractivity contribution in [3.05, 3.63) is 0 Å². The highest BCUT2D eigenvalue weighted by molar-refractivity contribution is 5.79. The number of alkyl halides is 3. The van der Waals surface area contributed by atoms with Gasteiger partial charge in [-0.1, -0.05) is 0 Å². The fourth-order valence-corrected chi connectivity index (χ4v) is 6.75. The third-order valence-electron chi connectivity index (χ3n) is 7.85. The number of carbonyl (C=O) groups excluding carboxylic acids is 2. The van der Waals surface area contributed by atoms with Crippen molar-refractivity contribution >= 4 is 12.0 Å². The summed E-state index contributed by atoms with van der Waals surface area (Å²) in [6.07, 6.45) is 3.21. The Morgan fingerprint density at radius 3 is 2.07 bits per heavy atom. The van der Waals surface area contributed by atoms with Gasteiger partial charge in [0.2, 0.25) is 5.91 Å². The second-order valence-corrected chi connectivity index (χ2v) is 9.94. The van der Waals surface area contributed by atoms with E-state index in [1.165, 1.54) is 43.4 Å². The Morgan fingerprint density at radius 2 is 1.59 bits per heavy atom. The van der Waals surface area contributed by atoms with E-state index in [0.29, 0.717) is 12.8 Å². The van der Waals surface area contributed by atoms with Gasteiger partial charge in [-0.05, 0) is 81.5 Å². The zero-order chi connectivity index (χ0) is 20.8. The van der Waals surface area contributed by atoms with Crippen LogP contribution in [0.1, 0.15) is 58.3 Å². The molecule has 1 heterocycles. The quantitative estimate of drug-likeness (QED) is 0.750. The highest BCUT2D eigenvalue weighted by Gasteiger charge is 2.53.